The number of phosphoric acid groups is 1. The van der Waals surface area contributed by atoms with Gasteiger partial charge in [-0.2, -0.15) is 0 Å². The van der Waals surface area contributed by atoms with Crippen LogP contribution in [0.3, 0.4) is 0 Å². The number of quaternary nitrogens is 1. The Hall–Kier alpha value is -0.0500. The summed E-state index contributed by atoms with van der Waals surface area (Å²) in [7, 11) is 2.79. The highest BCUT2D eigenvalue weighted by Crippen LogP contribution is 2.45. The van der Waals surface area contributed by atoms with E-state index in [-0.39, 0.29) is 6.10 Å². The Kier molecular flexibility index (Phi) is 18.8. The predicted octanol–water partition coefficient (Wildman–Crippen LogP) is 6.80. The molecule has 1 N–H and O–H groups in total. The third kappa shape index (κ3) is 18.2. The molecule has 0 spiro atoms. The molecule has 0 aromatic carbocycles. The number of rotatable bonds is 23. The standard InChI is InChI=1S/C27H56NO7P/c1-6-7-8-9-10-11-12-13-14-15-16-17-18-19-20-21-25-23-33-27(24-32-25)26(22-28(2,3)4)34-36(29,30)35-31-5/h25-27H,6-24H2,1-5H3/p+1/t25-,26?,27+/m0/s1. The summed E-state index contributed by atoms with van der Waals surface area (Å²) in [4.78, 5) is 14.2. The molecule has 0 aliphatic carbocycles. The number of ether oxygens (including phenoxy) is 2. The molecule has 1 rings (SSSR count). The van der Waals surface area contributed by atoms with Gasteiger partial charge in [0.1, 0.15) is 18.8 Å². The molecule has 8 nitrogen and oxygen atoms in total. The van der Waals surface area contributed by atoms with E-state index in [1.165, 1.54) is 97.0 Å². The lowest BCUT2D eigenvalue weighted by atomic mass is 10.0. The number of unbranched alkanes of at least 4 members (excludes halogenated alkanes) is 14. The zero-order valence-corrected chi connectivity index (χ0v) is 24.9. The lowest BCUT2D eigenvalue weighted by molar-refractivity contribution is -0.873. The fraction of sp³-hybridized carbons (Fsp3) is 1.00. The molecule has 216 valence electrons. The fourth-order valence-corrected chi connectivity index (χ4v) is 5.49. The Morgan fingerprint density at radius 1 is 0.833 bits per heavy atom. The Bertz CT molecular complexity index is 565. The van der Waals surface area contributed by atoms with Gasteiger partial charge in [0.05, 0.1) is 47.6 Å². The van der Waals surface area contributed by atoms with Crippen LogP contribution in [0.25, 0.3) is 0 Å². The molecule has 0 bridgehead atoms. The number of phosphoric ester groups is 1. The van der Waals surface area contributed by atoms with Crippen molar-refractivity contribution in [1.82, 2.24) is 0 Å². The first-order valence-corrected chi connectivity index (χ1v) is 15.9. The van der Waals surface area contributed by atoms with Crippen molar-refractivity contribution in [2.75, 3.05) is 48.0 Å². The molecule has 0 amide bonds. The van der Waals surface area contributed by atoms with E-state index in [4.69, 9.17) is 14.0 Å². The maximum absolute atomic E-state index is 12.1. The maximum atomic E-state index is 12.1. The van der Waals surface area contributed by atoms with Gasteiger partial charge in [0, 0.05) is 0 Å². The van der Waals surface area contributed by atoms with Gasteiger partial charge in [0.15, 0.2) is 0 Å². The van der Waals surface area contributed by atoms with Crippen LogP contribution in [0.2, 0.25) is 0 Å². The van der Waals surface area contributed by atoms with Gasteiger partial charge in [0.25, 0.3) is 0 Å². The molecule has 1 heterocycles. The van der Waals surface area contributed by atoms with E-state index in [0.29, 0.717) is 24.2 Å². The van der Waals surface area contributed by atoms with Crippen LogP contribution in [0.4, 0.5) is 0 Å². The van der Waals surface area contributed by atoms with E-state index in [2.05, 4.69) is 16.5 Å². The van der Waals surface area contributed by atoms with Crippen LogP contribution in [-0.2, 0) is 28.1 Å². The zero-order valence-electron chi connectivity index (χ0n) is 24.0. The second-order valence-electron chi connectivity index (χ2n) is 11.4. The Morgan fingerprint density at radius 3 is 1.75 bits per heavy atom. The summed E-state index contributed by atoms with van der Waals surface area (Å²) in [6.07, 6.45) is 20.4. The largest absolute Gasteiger partial charge is 0.500 e. The van der Waals surface area contributed by atoms with Crippen molar-refractivity contribution in [2.24, 2.45) is 0 Å². The summed E-state index contributed by atoms with van der Waals surface area (Å²) in [5.41, 5.74) is 0. The number of nitrogens with zero attached hydrogens (tertiary/aromatic N) is 1. The number of hydrogen-bond acceptors (Lipinski definition) is 6. The van der Waals surface area contributed by atoms with Crippen molar-refractivity contribution in [3.8, 4) is 0 Å². The summed E-state index contributed by atoms with van der Waals surface area (Å²) in [6, 6.07) is 0. The predicted molar refractivity (Wildman–Crippen MR) is 145 cm³/mol. The highest BCUT2D eigenvalue weighted by atomic mass is 31.2. The topological polar surface area (TPSA) is 83.5 Å². The van der Waals surface area contributed by atoms with Crippen LogP contribution < -0.4 is 0 Å². The van der Waals surface area contributed by atoms with E-state index in [1.807, 2.05) is 21.1 Å². The highest BCUT2D eigenvalue weighted by molar-refractivity contribution is 7.47. The summed E-state index contributed by atoms with van der Waals surface area (Å²) in [5.74, 6) is 0. The van der Waals surface area contributed by atoms with Gasteiger partial charge in [-0.05, 0) is 6.42 Å². The molecule has 0 aromatic rings. The zero-order chi connectivity index (χ0) is 26.7. The number of likely N-dealkylation sites (N-methyl/N-ethyl adjacent to an activating group) is 1. The first-order chi connectivity index (χ1) is 17.2. The first kappa shape index (κ1) is 34.0. The van der Waals surface area contributed by atoms with Crippen molar-refractivity contribution in [3.63, 3.8) is 0 Å². The SMILES string of the molecule is CCCCCCCCCCCCCCCCC[C@H]1CO[C@@H](C(C[N+](C)(C)C)OP(=O)(O)OOC)CO1. The Labute approximate surface area is 221 Å². The van der Waals surface area contributed by atoms with Gasteiger partial charge in [-0.25, -0.2) is 9.45 Å². The summed E-state index contributed by atoms with van der Waals surface area (Å²) in [5, 5.41) is 0. The smallest absolute Gasteiger partial charge is 0.373 e. The van der Waals surface area contributed by atoms with Gasteiger partial charge < -0.3 is 18.9 Å². The summed E-state index contributed by atoms with van der Waals surface area (Å²) >= 11 is 0. The van der Waals surface area contributed by atoms with E-state index >= 15 is 0 Å². The molecule has 0 saturated carbocycles. The number of hydrogen-bond donors (Lipinski definition) is 1. The van der Waals surface area contributed by atoms with E-state index in [1.54, 1.807) is 0 Å². The molecule has 0 aromatic heterocycles. The van der Waals surface area contributed by atoms with Crippen molar-refractivity contribution in [1.29, 1.82) is 0 Å². The molecule has 2 unspecified atom stereocenters. The van der Waals surface area contributed by atoms with Crippen LogP contribution in [0.1, 0.15) is 110 Å². The summed E-state index contributed by atoms with van der Waals surface area (Å²) < 4.78 is 34.4. The first-order valence-electron chi connectivity index (χ1n) is 14.4. The van der Waals surface area contributed by atoms with Crippen molar-refractivity contribution in [3.05, 3.63) is 0 Å². The van der Waals surface area contributed by atoms with Gasteiger partial charge in [0.2, 0.25) is 0 Å². The molecule has 4 atom stereocenters. The second-order valence-corrected chi connectivity index (χ2v) is 12.7. The molecular weight excluding hydrogens is 481 g/mol. The Balaban J connectivity index is 2.09. The van der Waals surface area contributed by atoms with Crippen molar-refractivity contribution in [2.45, 2.75) is 128 Å². The van der Waals surface area contributed by atoms with E-state index < -0.39 is 20.0 Å². The third-order valence-electron chi connectivity index (χ3n) is 6.70. The molecular formula is C27H57NO7P+. The van der Waals surface area contributed by atoms with Crippen LogP contribution >= 0.6 is 7.82 Å². The molecule has 9 heteroatoms. The van der Waals surface area contributed by atoms with E-state index in [0.717, 1.165) is 12.8 Å². The molecule has 0 radical (unpaired) electrons. The average Bonchev–Trinajstić information content (AvgIpc) is 2.80. The van der Waals surface area contributed by atoms with Crippen LogP contribution in [0.15, 0.2) is 0 Å². The molecule has 36 heavy (non-hydrogen) atoms. The van der Waals surface area contributed by atoms with Crippen molar-refractivity contribution >= 4 is 7.82 Å². The lowest BCUT2D eigenvalue weighted by Gasteiger charge is -2.37. The monoisotopic (exact) mass is 538 g/mol. The lowest BCUT2D eigenvalue weighted by Crippen LogP contribution is -2.51. The minimum Gasteiger partial charge on any atom is -0.373 e. The molecule has 1 fully saturated rings. The van der Waals surface area contributed by atoms with Crippen LogP contribution in [-0.4, -0.2) is 75.7 Å². The highest BCUT2D eigenvalue weighted by Gasteiger charge is 2.39. The van der Waals surface area contributed by atoms with Gasteiger partial charge in [-0.3, -0.25) is 4.52 Å². The maximum Gasteiger partial charge on any atom is 0.500 e. The van der Waals surface area contributed by atoms with Gasteiger partial charge in [-0.1, -0.05) is 103 Å². The average molecular weight is 539 g/mol. The Morgan fingerprint density at radius 2 is 1.33 bits per heavy atom. The molecule has 1 aliphatic rings. The normalized spacial score (nSPS) is 21.4. The minimum atomic E-state index is -4.33. The second kappa shape index (κ2) is 19.9. The fourth-order valence-electron chi connectivity index (χ4n) is 4.72. The van der Waals surface area contributed by atoms with Crippen LogP contribution in [0.5, 0.6) is 0 Å². The van der Waals surface area contributed by atoms with E-state index in [9.17, 15) is 9.46 Å². The molecule has 1 saturated heterocycles. The molecule has 1 aliphatic heterocycles. The quantitative estimate of drug-likeness (QED) is 0.0503. The van der Waals surface area contributed by atoms with Gasteiger partial charge >= 0.3 is 7.82 Å². The third-order valence-corrected chi connectivity index (χ3v) is 7.58. The summed E-state index contributed by atoms with van der Waals surface area (Å²) in [6.45, 7) is 3.55. The minimum absolute atomic E-state index is 0.0733. The van der Waals surface area contributed by atoms with Crippen LogP contribution in [0, 0.1) is 0 Å². The van der Waals surface area contributed by atoms with Gasteiger partial charge in [-0.15, -0.1) is 4.67 Å². The van der Waals surface area contributed by atoms with Crippen molar-refractivity contribution < 1.29 is 37.5 Å².